The minimum absolute atomic E-state index is 0.0422. The van der Waals surface area contributed by atoms with Gasteiger partial charge in [0.15, 0.2) is 0 Å². The van der Waals surface area contributed by atoms with Crippen LogP contribution in [0, 0.1) is 5.92 Å². The van der Waals surface area contributed by atoms with Gasteiger partial charge in [0.05, 0.1) is 13.2 Å². The largest absolute Gasteiger partial charge is 0.462 e. The molecule has 0 heterocycles. The number of ether oxygens (including phenoxy) is 1. The van der Waals surface area contributed by atoms with Crippen LogP contribution in [0.25, 0.3) is 22.3 Å². The predicted molar refractivity (Wildman–Crippen MR) is 152 cm³/mol. The van der Waals surface area contributed by atoms with Gasteiger partial charge in [0.2, 0.25) is 0 Å². The Hall–Kier alpha value is -3.17. The highest BCUT2D eigenvalue weighted by molar-refractivity contribution is 5.86. The fourth-order valence-corrected chi connectivity index (χ4v) is 5.45. The lowest BCUT2D eigenvalue weighted by Crippen LogP contribution is -2.10. The Morgan fingerprint density at radius 2 is 1.54 bits per heavy atom. The standard InChI is InChI=1S/C34H40O3/c1-5-25-20-29(28-12-10-27(11-13-28)26-8-6-24(4)7-9-26)16-17-33(25)31-14-15-32(22-35)30(21-31)18-19-37-34(36)23(2)3/h10-17,20-21,24,26,35H,2,5-9,18-19,22H2,1,3-4H3. The van der Waals surface area contributed by atoms with E-state index in [2.05, 4.69) is 75.0 Å². The van der Waals surface area contributed by atoms with Gasteiger partial charge in [0.1, 0.15) is 0 Å². The molecule has 1 N–H and O–H groups in total. The van der Waals surface area contributed by atoms with Crippen molar-refractivity contribution < 1.29 is 14.6 Å². The fourth-order valence-electron chi connectivity index (χ4n) is 5.45. The summed E-state index contributed by atoms with van der Waals surface area (Å²) in [7, 11) is 0. The Morgan fingerprint density at radius 1 is 0.892 bits per heavy atom. The summed E-state index contributed by atoms with van der Waals surface area (Å²) in [5, 5.41) is 9.83. The molecule has 0 aromatic heterocycles. The lowest BCUT2D eigenvalue weighted by Gasteiger charge is -2.26. The highest BCUT2D eigenvalue weighted by atomic mass is 16.5. The molecule has 0 radical (unpaired) electrons. The van der Waals surface area contributed by atoms with Crippen LogP contribution in [-0.2, 0) is 29.0 Å². The van der Waals surface area contributed by atoms with E-state index >= 15 is 0 Å². The summed E-state index contributed by atoms with van der Waals surface area (Å²) in [6.07, 6.45) is 6.78. The van der Waals surface area contributed by atoms with Crippen molar-refractivity contribution in [3.8, 4) is 22.3 Å². The zero-order valence-corrected chi connectivity index (χ0v) is 22.6. The van der Waals surface area contributed by atoms with E-state index in [9.17, 15) is 9.90 Å². The van der Waals surface area contributed by atoms with Gasteiger partial charge in [0, 0.05) is 12.0 Å². The average Bonchev–Trinajstić information content (AvgIpc) is 2.93. The van der Waals surface area contributed by atoms with Gasteiger partial charge in [-0.05, 0) is 82.5 Å². The minimum atomic E-state index is -0.382. The molecule has 37 heavy (non-hydrogen) atoms. The van der Waals surface area contributed by atoms with Crippen LogP contribution < -0.4 is 0 Å². The van der Waals surface area contributed by atoms with E-state index in [1.54, 1.807) is 6.92 Å². The van der Waals surface area contributed by atoms with Gasteiger partial charge in [-0.3, -0.25) is 0 Å². The number of hydrogen-bond acceptors (Lipinski definition) is 3. The third-order valence-corrected chi connectivity index (χ3v) is 7.86. The van der Waals surface area contributed by atoms with E-state index in [1.807, 2.05) is 6.07 Å². The number of hydrogen-bond donors (Lipinski definition) is 1. The molecular formula is C34H40O3. The first-order valence-electron chi connectivity index (χ1n) is 13.7. The number of benzene rings is 3. The molecule has 3 aromatic carbocycles. The number of esters is 1. The molecule has 0 unspecified atom stereocenters. The van der Waals surface area contributed by atoms with E-state index in [-0.39, 0.29) is 19.2 Å². The molecule has 1 aliphatic carbocycles. The van der Waals surface area contributed by atoms with Crippen molar-refractivity contribution in [1.29, 1.82) is 0 Å². The molecule has 0 amide bonds. The average molecular weight is 497 g/mol. The Balaban J connectivity index is 1.54. The quantitative estimate of drug-likeness (QED) is 0.241. The maximum Gasteiger partial charge on any atom is 0.333 e. The highest BCUT2D eigenvalue weighted by Gasteiger charge is 2.19. The van der Waals surface area contributed by atoms with Gasteiger partial charge in [-0.15, -0.1) is 0 Å². The van der Waals surface area contributed by atoms with Crippen molar-refractivity contribution in [3.05, 3.63) is 95.1 Å². The van der Waals surface area contributed by atoms with Crippen LogP contribution >= 0.6 is 0 Å². The van der Waals surface area contributed by atoms with Gasteiger partial charge < -0.3 is 9.84 Å². The first-order chi connectivity index (χ1) is 17.9. The SMILES string of the molecule is C=C(C)C(=O)OCCc1cc(-c2ccc(-c3ccc(C4CCC(C)CC4)cc3)cc2CC)ccc1CO. The molecule has 1 fully saturated rings. The first kappa shape index (κ1) is 26.9. The summed E-state index contributed by atoms with van der Waals surface area (Å²) < 4.78 is 5.29. The molecule has 0 aliphatic heterocycles. The number of carbonyl (C=O) groups is 1. The summed E-state index contributed by atoms with van der Waals surface area (Å²) >= 11 is 0. The third kappa shape index (κ3) is 6.59. The Bertz CT molecular complexity index is 1230. The topological polar surface area (TPSA) is 46.5 Å². The first-order valence-corrected chi connectivity index (χ1v) is 13.7. The van der Waals surface area contributed by atoms with Crippen LogP contribution in [0.15, 0.2) is 72.8 Å². The van der Waals surface area contributed by atoms with Crippen molar-refractivity contribution in [2.75, 3.05) is 6.61 Å². The Morgan fingerprint density at radius 3 is 2.19 bits per heavy atom. The van der Waals surface area contributed by atoms with Gasteiger partial charge in [-0.1, -0.05) is 93.9 Å². The molecule has 3 heteroatoms. The van der Waals surface area contributed by atoms with Crippen molar-refractivity contribution >= 4 is 5.97 Å². The number of carbonyl (C=O) groups excluding carboxylic acids is 1. The van der Waals surface area contributed by atoms with Gasteiger partial charge in [-0.2, -0.15) is 0 Å². The van der Waals surface area contributed by atoms with Crippen molar-refractivity contribution in [2.24, 2.45) is 5.92 Å². The zero-order chi connectivity index (χ0) is 26.4. The summed E-state index contributed by atoms with van der Waals surface area (Å²) in [5.41, 5.74) is 9.82. The lowest BCUT2D eigenvalue weighted by molar-refractivity contribution is -0.138. The summed E-state index contributed by atoms with van der Waals surface area (Å²) in [4.78, 5) is 11.7. The van der Waals surface area contributed by atoms with E-state index in [0.29, 0.717) is 17.9 Å². The van der Waals surface area contributed by atoms with Crippen molar-refractivity contribution in [1.82, 2.24) is 0 Å². The van der Waals surface area contributed by atoms with E-state index in [1.165, 1.54) is 53.5 Å². The third-order valence-electron chi connectivity index (χ3n) is 7.86. The summed E-state index contributed by atoms with van der Waals surface area (Å²) in [5.74, 6) is 1.20. The van der Waals surface area contributed by atoms with Gasteiger partial charge in [-0.25, -0.2) is 4.79 Å². The van der Waals surface area contributed by atoms with Crippen LogP contribution in [0.1, 0.15) is 74.6 Å². The van der Waals surface area contributed by atoms with Crippen LogP contribution in [0.5, 0.6) is 0 Å². The highest BCUT2D eigenvalue weighted by Crippen LogP contribution is 2.37. The molecule has 1 saturated carbocycles. The lowest BCUT2D eigenvalue weighted by atomic mass is 9.79. The van der Waals surface area contributed by atoms with Crippen molar-refractivity contribution in [2.45, 2.75) is 71.8 Å². The van der Waals surface area contributed by atoms with Gasteiger partial charge >= 0.3 is 5.97 Å². The zero-order valence-electron chi connectivity index (χ0n) is 22.6. The van der Waals surface area contributed by atoms with Crippen LogP contribution in [-0.4, -0.2) is 17.7 Å². The summed E-state index contributed by atoms with van der Waals surface area (Å²) in [6.45, 7) is 10.1. The number of aliphatic hydroxyl groups excluding tert-OH is 1. The monoisotopic (exact) mass is 496 g/mol. The molecule has 194 valence electrons. The van der Waals surface area contributed by atoms with Crippen molar-refractivity contribution in [3.63, 3.8) is 0 Å². The number of rotatable bonds is 9. The molecule has 4 rings (SSSR count). The molecule has 0 spiro atoms. The van der Waals surface area contributed by atoms with E-state index in [0.717, 1.165) is 29.0 Å². The number of aliphatic hydroxyl groups is 1. The second-order valence-electron chi connectivity index (χ2n) is 10.6. The normalized spacial score (nSPS) is 17.4. The molecule has 1 aliphatic rings. The molecular weight excluding hydrogens is 456 g/mol. The Kier molecular flexibility index (Phi) is 9.00. The van der Waals surface area contributed by atoms with Crippen LogP contribution in [0.2, 0.25) is 0 Å². The fraction of sp³-hybridized carbons (Fsp3) is 0.382. The van der Waals surface area contributed by atoms with Crippen LogP contribution in [0.4, 0.5) is 0 Å². The number of aryl methyl sites for hydroxylation is 1. The molecule has 3 nitrogen and oxygen atoms in total. The molecule has 3 aromatic rings. The Labute approximate surface area is 222 Å². The molecule has 0 atom stereocenters. The summed E-state index contributed by atoms with van der Waals surface area (Å²) in [6, 6.07) is 22.1. The van der Waals surface area contributed by atoms with Gasteiger partial charge in [0.25, 0.3) is 0 Å². The second kappa shape index (κ2) is 12.4. The predicted octanol–water partition coefficient (Wildman–Crippen LogP) is 8.03. The van der Waals surface area contributed by atoms with Crippen LogP contribution in [0.3, 0.4) is 0 Å². The maximum atomic E-state index is 11.7. The maximum absolute atomic E-state index is 11.7. The second-order valence-corrected chi connectivity index (χ2v) is 10.6. The van der Waals surface area contributed by atoms with E-state index in [4.69, 9.17) is 4.74 Å². The molecule has 0 saturated heterocycles. The minimum Gasteiger partial charge on any atom is -0.462 e. The molecule has 0 bridgehead atoms. The van der Waals surface area contributed by atoms with E-state index < -0.39 is 0 Å². The smallest absolute Gasteiger partial charge is 0.333 e.